The van der Waals surface area contributed by atoms with Crippen molar-refractivity contribution in [1.29, 1.82) is 0 Å². The number of nitrogen functional groups attached to an aromatic ring is 1. The third kappa shape index (κ3) is 1.91. The molecule has 1 aromatic carbocycles. The van der Waals surface area contributed by atoms with Gasteiger partial charge in [0.05, 0.1) is 11.3 Å². The molecule has 13 heavy (non-hydrogen) atoms. The molecule has 0 spiro atoms. The SMILES string of the molecule is Cc1cc(N)c(F)c(C(F)(F)F)c1. The van der Waals surface area contributed by atoms with Crippen LogP contribution in [0.1, 0.15) is 11.1 Å². The first kappa shape index (κ1) is 9.83. The van der Waals surface area contributed by atoms with E-state index in [-0.39, 0.29) is 5.56 Å². The number of alkyl halides is 3. The monoisotopic (exact) mass is 193 g/mol. The average molecular weight is 193 g/mol. The van der Waals surface area contributed by atoms with Crippen molar-refractivity contribution in [3.8, 4) is 0 Å². The molecule has 0 radical (unpaired) electrons. The Morgan fingerprint density at radius 3 is 2.23 bits per heavy atom. The van der Waals surface area contributed by atoms with Gasteiger partial charge in [-0.2, -0.15) is 13.2 Å². The van der Waals surface area contributed by atoms with E-state index in [2.05, 4.69) is 0 Å². The van der Waals surface area contributed by atoms with Crippen LogP contribution in [0.5, 0.6) is 0 Å². The Balaban J connectivity index is 3.37. The molecule has 1 aromatic rings. The highest BCUT2D eigenvalue weighted by Crippen LogP contribution is 2.33. The predicted molar refractivity (Wildman–Crippen MR) is 40.6 cm³/mol. The fraction of sp³-hybridized carbons (Fsp3) is 0.250. The zero-order chi connectivity index (χ0) is 10.2. The highest BCUT2D eigenvalue weighted by molar-refractivity contribution is 5.47. The summed E-state index contributed by atoms with van der Waals surface area (Å²) in [4.78, 5) is 0. The van der Waals surface area contributed by atoms with E-state index in [4.69, 9.17) is 5.73 Å². The van der Waals surface area contributed by atoms with Crippen molar-refractivity contribution in [3.63, 3.8) is 0 Å². The molecular weight excluding hydrogens is 186 g/mol. The molecule has 2 N–H and O–H groups in total. The first-order valence-corrected chi connectivity index (χ1v) is 3.45. The molecular formula is C8H7F4N. The van der Waals surface area contributed by atoms with E-state index in [1.165, 1.54) is 6.92 Å². The van der Waals surface area contributed by atoms with Gasteiger partial charge in [-0.1, -0.05) is 0 Å². The second-order valence-corrected chi connectivity index (χ2v) is 2.71. The lowest BCUT2D eigenvalue weighted by molar-refractivity contribution is -0.139. The minimum Gasteiger partial charge on any atom is -0.396 e. The Hall–Kier alpha value is -1.26. The van der Waals surface area contributed by atoms with Gasteiger partial charge in [-0.15, -0.1) is 0 Å². The summed E-state index contributed by atoms with van der Waals surface area (Å²) >= 11 is 0. The summed E-state index contributed by atoms with van der Waals surface area (Å²) in [6.07, 6.45) is -4.69. The van der Waals surface area contributed by atoms with E-state index in [0.717, 1.165) is 12.1 Å². The summed E-state index contributed by atoms with van der Waals surface area (Å²) in [7, 11) is 0. The van der Waals surface area contributed by atoms with Crippen LogP contribution in [0.2, 0.25) is 0 Å². The molecule has 0 heterocycles. The molecule has 0 saturated heterocycles. The normalized spacial score (nSPS) is 11.8. The topological polar surface area (TPSA) is 26.0 Å². The maximum atomic E-state index is 12.8. The Labute approximate surface area is 72.2 Å². The summed E-state index contributed by atoms with van der Waals surface area (Å²) in [5.41, 5.74) is 3.53. The molecule has 0 amide bonds. The minimum absolute atomic E-state index is 0.284. The van der Waals surface area contributed by atoms with Crippen molar-refractivity contribution in [3.05, 3.63) is 29.1 Å². The first-order chi connectivity index (χ1) is 5.82. The fourth-order valence-corrected chi connectivity index (χ4v) is 1.00. The van der Waals surface area contributed by atoms with Crippen LogP contribution in [0.3, 0.4) is 0 Å². The van der Waals surface area contributed by atoms with E-state index in [1.54, 1.807) is 0 Å². The second kappa shape index (κ2) is 2.90. The second-order valence-electron chi connectivity index (χ2n) is 2.71. The van der Waals surface area contributed by atoms with E-state index in [0.29, 0.717) is 0 Å². The number of rotatable bonds is 0. The van der Waals surface area contributed by atoms with Crippen LogP contribution >= 0.6 is 0 Å². The standard InChI is InChI=1S/C8H7F4N/c1-4-2-5(8(10,11)12)7(9)6(13)3-4/h2-3H,13H2,1H3. The quantitative estimate of drug-likeness (QED) is 0.497. The van der Waals surface area contributed by atoms with Crippen LogP contribution in [0.15, 0.2) is 12.1 Å². The van der Waals surface area contributed by atoms with Gasteiger partial charge in [0.1, 0.15) is 0 Å². The van der Waals surface area contributed by atoms with E-state index in [1.807, 2.05) is 0 Å². The number of hydrogen-bond acceptors (Lipinski definition) is 1. The molecule has 0 aliphatic carbocycles. The largest absolute Gasteiger partial charge is 0.419 e. The average Bonchev–Trinajstić information content (AvgIpc) is 1.94. The van der Waals surface area contributed by atoms with Crippen molar-refractivity contribution < 1.29 is 17.6 Å². The Bertz CT molecular complexity index is 330. The van der Waals surface area contributed by atoms with Crippen LogP contribution in [-0.2, 0) is 6.18 Å². The summed E-state index contributed by atoms with van der Waals surface area (Å²) in [5, 5.41) is 0. The Morgan fingerprint density at radius 1 is 1.23 bits per heavy atom. The lowest BCUT2D eigenvalue weighted by atomic mass is 10.1. The number of aryl methyl sites for hydroxylation is 1. The van der Waals surface area contributed by atoms with Crippen molar-refractivity contribution in [1.82, 2.24) is 0 Å². The lowest BCUT2D eigenvalue weighted by Crippen LogP contribution is -2.10. The number of hydrogen-bond donors (Lipinski definition) is 1. The van der Waals surface area contributed by atoms with Crippen molar-refractivity contribution in [2.45, 2.75) is 13.1 Å². The van der Waals surface area contributed by atoms with Gasteiger partial charge in [0.25, 0.3) is 0 Å². The van der Waals surface area contributed by atoms with Crippen LogP contribution in [0, 0.1) is 12.7 Å². The third-order valence-corrected chi connectivity index (χ3v) is 1.55. The molecule has 0 bridgehead atoms. The van der Waals surface area contributed by atoms with Gasteiger partial charge >= 0.3 is 6.18 Å². The molecule has 0 atom stereocenters. The van der Waals surface area contributed by atoms with Gasteiger partial charge in [0.15, 0.2) is 5.82 Å². The van der Waals surface area contributed by atoms with E-state index >= 15 is 0 Å². The van der Waals surface area contributed by atoms with Gasteiger partial charge in [-0.05, 0) is 24.6 Å². The van der Waals surface area contributed by atoms with E-state index < -0.39 is 23.2 Å². The number of halogens is 4. The molecule has 5 heteroatoms. The van der Waals surface area contributed by atoms with Gasteiger partial charge in [-0.3, -0.25) is 0 Å². The van der Waals surface area contributed by atoms with Crippen molar-refractivity contribution >= 4 is 5.69 Å². The zero-order valence-corrected chi connectivity index (χ0v) is 6.74. The maximum Gasteiger partial charge on any atom is 0.419 e. The summed E-state index contributed by atoms with van der Waals surface area (Å²) < 4.78 is 49.2. The minimum atomic E-state index is -4.69. The molecule has 0 saturated carbocycles. The summed E-state index contributed by atoms with van der Waals surface area (Å²) in [6.45, 7) is 1.42. The highest BCUT2D eigenvalue weighted by Gasteiger charge is 2.34. The van der Waals surface area contributed by atoms with Crippen LogP contribution < -0.4 is 5.73 Å². The van der Waals surface area contributed by atoms with Crippen LogP contribution in [-0.4, -0.2) is 0 Å². The van der Waals surface area contributed by atoms with Gasteiger partial charge in [0, 0.05) is 0 Å². The number of nitrogens with two attached hydrogens (primary N) is 1. The highest BCUT2D eigenvalue weighted by atomic mass is 19.4. The summed E-state index contributed by atoms with van der Waals surface area (Å²) in [6, 6.07) is 1.89. The van der Waals surface area contributed by atoms with Crippen LogP contribution in [0.4, 0.5) is 23.2 Å². The third-order valence-electron chi connectivity index (χ3n) is 1.55. The predicted octanol–water partition coefficient (Wildman–Crippen LogP) is 2.74. The summed E-state index contributed by atoms with van der Waals surface area (Å²) in [5.74, 6) is -1.40. The number of benzene rings is 1. The lowest BCUT2D eigenvalue weighted by Gasteiger charge is -2.10. The molecule has 0 fully saturated rings. The Morgan fingerprint density at radius 2 is 1.77 bits per heavy atom. The molecule has 0 aromatic heterocycles. The zero-order valence-electron chi connectivity index (χ0n) is 6.74. The van der Waals surface area contributed by atoms with Gasteiger partial charge in [0.2, 0.25) is 0 Å². The molecule has 72 valence electrons. The fourth-order valence-electron chi connectivity index (χ4n) is 1.00. The maximum absolute atomic E-state index is 12.8. The smallest absolute Gasteiger partial charge is 0.396 e. The molecule has 1 rings (SSSR count). The van der Waals surface area contributed by atoms with Crippen molar-refractivity contribution in [2.75, 3.05) is 5.73 Å². The first-order valence-electron chi connectivity index (χ1n) is 3.45. The molecule has 1 nitrogen and oxygen atoms in total. The molecule has 0 aliphatic rings. The van der Waals surface area contributed by atoms with Crippen molar-refractivity contribution in [2.24, 2.45) is 0 Å². The number of anilines is 1. The van der Waals surface area contributed by atoms with Crippen LogP contribution in [0.25, 0.3) is 0 Å². The molecule has 0 aliphatic heterocycles. The van der Waals surface area contributed by atoms with Gasteiger partial charge in [-0.25, -0.2) is 4.39 Å². The van der Waals surface area contributed by atoms with E-state index in [9.17, 15) is 17.6 Å². The Kier molecular flexibility index (Phi) is 2.19. The molecule has 0 unspecified atom stereocenters. The van der Waals surface area contributed by atoms with Gasteiger partial charge < -0.3 is 5.73 Å².